The third-order valence-corrected chi connectivity index (χ3v) is 3.80. The molecule has 0 fully saturated rings. The van der Waals surface area contributed by atoms with Crippen LogP contribution in [0.25, 0.3) is 11.3 Å². The van der Waals surface area contributed by atoms with Crippen molar-refractivity contribution in [2.75, 3.05) is 20.3 Å². The first-order chi connectivity index (χ1) is 11.9. The summed E-state index contributed by atoms with van der Waals surface area (Å²) in [6.45, 7) is 2.42. The van der Waals surface area contributed by atoms with Gasteiger partial charge >= 0.3 is 5.97 Å². The Balaban J connectivity index is 2.64. The van der Waals surface area contributed by atoms with Gasteiger partial charge in [0.15, 0.2) is 5.43 Å². The summed E-state index contributed by atoms with van der Waals surface area (Å²) in [6.07, 6.45) is 1.36. The predicted molar refractivity (Wildman–Crippen MR) is 92.3 cm³/mol. The summed E-state index contributed by atoms with van der Waals surface area (Å²) in [5.74, 6) is -1.26. The Hall–Kier alpha value is -2.51. The van der Waals surface area contributed by atoms with E-state index in [-0.39, 0.29) is 34.3 Å². The van der Waals surface area contributed by atoms with Gasteiger partial charge < -0.3 is 24.3 Å². The number of nitrogens with zero attached hydrogens (tertiary/aromatic N) is 1. The van der Waals surface area contributed by atoms with Crippen LogP contribution in [0.1, 0.15) is 17.3 Å². The molecule has 0 aliphatic rings. The van der Waals surface area contributed by atoms with Gasteiger partial charge in [0, 0.05) is 37.5 Å². The van der Waals surface area contributed by atoms with Crippen molar-refractivity contribution in [2.45, 2.75) is 13.5 Å². The monoisotopic (exact) mass is 367 g/mol. The zero-order chi connectivity index (χ0) is 18.6. The molecule has 0 aliphatic heterocycles. The highest BCUT2D eigenvalue weighted by Gasteiger charge is 2.18. The number of ether oxygens (including phenoxy) is 2. The lowest BCUT2D eigenvalue weighted by atomic mass is 10.1. The number of carbonyl (C=O) groups is 1. The second kappa shape index (κ2) is 8.04. The number of esters is 1. The average molecular weight is 368 g/mol. The molecule has 0 radical (unpaired) electrons. The van der Waals surface area contributed by atoms with E-state index in [2.05, 4.69) is 0 Å². The van der Waals surface area contributed by atoms with Crippen LogP contribution in [0.4, 0.5) is 0 Å². The number of aromatic hydroxyl groups is 2. The highest BCUT2D eigenvalue weighted by Crippen LogP contribution is 2.36. The zero-order valence-electron chi connectivity index (χ0n) is 13.8. The first-order valence-corrected chi connectivity index (χ1v) is 7.89. The average Bonchev–Trinajstić information content (AvgIpc) is 2.57. The summed E-state index contributed by atoms with van der Waals surface area (Å²) < 4.78 is 11.5. The minimum Gasteiger partial charge on any atom is -0.507 e. The van der Waals surface area contributed by atoms with E-state index in [1.54, 1.807) is 11.5 Å². The molecule has 0 atom stereocenters. The van der Waals surface area contributed by atoms with Crippen molar-refractivity contribution in [3.05, 3.63) is 45.2 Å². The predicted octanol–water partition coefficient (Wildman–Crippen LogP) is 2.40. The Morgan fingerprint density at radius 2 is 1.96 bits per heavy atom. The van der Waals surface area contributed by atoms with Gasteiger partial charge in [-0.2, -0.15) is 0 Å². The Kier molecular flexibility index (Phi) is 6.06. The minimum atomic E-state index is -0.724. The number of carbonyl (C=O) groups excluding carboxylic acids is 1. The highest BCUT2D eigenvalue weighted by atomic mass is 35.5. The van der Waals surface area contributed by atoms with E-state index in [0.29, 0.717) is 18.8 Å². The van der Waals surface area contributed by atoms with Crippen LogP contribution in [0.5, 0.6) is 11.5 Å². The van der Waals surface area contributed by atoms with E-state index in [0.717, 1.165) is 6.07 Å². The molecule has 0 unspecified atom stereocenters. The standard InChI is InChI=1S/C17H18ClNO6/c1-3-25-17(23)11-9-19(4-5-24-2)13(7-14(11)20)10-6-12(18)16(22)8-15(10)21/h6-9,21-22H,3-5H2,1-2H3. The number of phenolic OH excluding ortho intramolecular Hbond substituents is 2. The van der Waals surface area contributed by atoms with Crippen molar-refractivity contribution in [2.24, 2.45) is 0 Å². The summed E-state index contributed by atoms with van der Waals surface area (Å²) in [5, 5.41) is 19.7. The van der Waals surface area contributed by atoms with Gasteiger partial charge in [-0.15, -0.1) is 0 Å². The van der Waals surface area contributed by atoms with Crippen molar-refractivity contribution in [3.63, 3.8) is 0 Å². The Morgan fingerprint density at radius 3 is 2.60 bits per heavy atom. The molecule has 2 aromatic rings. The molecule has 134 valence electrons. The highest BCUT2D eigenvalue weighted by molar-refractivity contribution is 6.32. The Bertz CT molecular complexity index is 846. The molecule has 1 aromatic carbocycles. The number of benzene rings is 1. The van der Waals surface area contributed by atoms with Crippen molar-refractivity contribution < 1.29 is 24.5 Å². The lowest BCUT2D eigenvalue weighted by Crippen LogP contribution is -2.21. The number of hydrogen-bond donors (Lipinski definition) is 2. The number of halogens is 1. The van der Waals surface area contributed by atoms with E-state index in [1.165, 1.54) is 25.4 Å². The maximum absolute atomic E-state index is 12.3. The summed E-state index contributed by atoms with van der Waals surface area (Å²) >= 11 is 5.91. The third kappa shape index (κ3) is 4.12. The second-order valence-electron chi connectivity index (χ2n) is 5.16. The molecule has 25 heavy (non-hydrogen) atoms. The van der Waals surface area contributed by atoms with Gasteiger partial charge in [-0.05, 0) is 13.0 Å². The molecular formula is C17H18ClNO6. The Labute approximate surface area is 149 Å². The molecule has 0 saturated heterocycles. The number of phenols is 2. The van der Waals surface area contributed by atoms with Gasteiger partial charge in [0.1, 0.15) is 17.1 Å². The van der Waals surface area contributed by atoms with Crippen LogP contribution >= 0.6 is 11.6 Å². The molecule has 1 aromatic heterocycles. The quantitative estimate of drug-likeness (QED) is 0.761. The van der Waals surface area contributed by atoms with Gasteiger partial charge in [-0.25, -0.2) is 4.79 Å². The number of pyridine rings is 1. The van der Waals surface area contributed by atoms with Crippen molar-refractivity contribution in [1.82, 2.24) is 4.57 Å². The lowest BCUT2D eigenvalue weighted by molar-refractivity contribution is 0.0523. The normalized spacial score (nSPS) is 10.7. The maximum atomic E-state index is 12.3. The molecule has 7 nitrogen and oxygen atoms in total. The fraction of sp³-hybridized carbons (Fsp3) is 0.294. The molecule has 1 heterocycles. The van der Waals surface area contributed by atoms with Crippen molar-refractivity contribution in [3.8, 4) is 22.8 Å². The van der Waals surface area contributed by atoms with Gasteiger partial charge in [0.2, 0.25) is 0 Å². The van der Waals surface area contributed by atoms with Crippen LogP contribution < -0.4 is 5.43 Å². The molecule has 0 bridgehead atoms. The number of methoxy groups -OCH3 is 1. The van der Waals surface area contributed by atoms with E-state index in [4.69, 9.17) is 21.1 Å². The second-order valence-corrected chi connectivity index (χ2v) is 5.57. The fourth-order valence-corrected chi connectivity index (χ4v) is 2.46. The Morgan fingerprint density at radius 1 is 1.24 bits per heavy atom. The molecule has 2 rings (SSSR count). The fourth-order valence-electron chi connectivity index (χ4n) is 2.30. The SMILES string of the molecule is CCOC(=O)c1cn(CCOC)c(-c2cc(Cl)c(O)cc2O)cc1=O. The van der Waals surface area contributed by atoms with Crippen LogP contribution in [0, 0.1) is 0 Å². The number of aromatic nitrogens is 1. The number of hydrogen-bond acceptors (Lipinski definition) is 6. The van der Waals surface area contributed by atoms with Crippen LogP contribution in [-0.4, -0.2) is 41.1 Å². The van der Waals surface area contributed by atoms with Crippen LogP contribution in [-0.2, 0) is 16.0 Å². The van der Waals surface area contributed by atoms with Gasteiger partial charge in [0.25, 0.3) is 0 Å². The molecule has 0 saturated carbocycles. The van der Waals surface area contributed by atoms with Crippen LogP contribution in [0.15, 0.2) is 29.2 Å². The minimum absolute atomic E-state index is 0.0213. The molecule has 2 N–H and O–H groups in total. The largest absolute Gasteiger partial charge is 0.507 e. The molecule has 0 amide bonds. The molecule has 0 aliphatic carbocycles. The first-order valence-electron chi connectivity index (χ1n) is 7.51. The molecule has 0 spiro atoms. The maximum Gasteiger partial charge on any atom is 0.343 e. The summed E-state index contributed by atoms with van der Waals surface area (Å²) in [6, 6.07) is 3.64. The van der Waals surface area contributed by atoms with E-state index < -0.39 is 11.4 Å². The lowest BCUT2D eigenvalue weighted by Gasteiger charge is -2.16. The van der Waals surface area contributed by atoms with Gasteiger partial charge in [-0.3, -0.25) is 4.79 Å². The van der Waals surface area contributed by atoms with E-state index >= 15 is 0 Å². The van der Waals surface area contributed by atoms with Gasteiger partial charge in [-0.1, -0.05) is 11.6 Å². The van der Waals surface area contributed by atoms with E-state index in [1.807, 2.05) is 0 Å². The topological polar surface area (TPSA) is 98.0 Å². The van der Waals surface area contributed by atoms with Crippen LogP contribution in [0.3, 0.4) is 0 Å². The smallest absolute Gasteiger partial charge is 0.343 e. The zero-order valence-corrected chi connectivity index (χ0v) is 14.5. The summed E-state index contributed by atoms with van der Waals surface area (Å²) in [4.78, 5) is 24.2. The first kappa shape index (κ1) is 18.8. The third-order valence-electron chi connectivity index (χ3n) is 3.50. The summed E-state index contributed by atoms with van der Waals surface area (Å²) in [7, 11) is 1.52. The number of rotatable bonds is 6. The van der Waals surface area contributed by atoms with Crippen molar-refractivity contribution >= 4 is 17.6 Å². The van der Waals surface area contributed by atoms with Gasteiger partial charge in [0.05, 0.1) is 23.9 Å². The summed E-state index contributed by atoms with van der Waals surface area (Å²) in [5.41, 5.74) is -0.0994. The molecule has 8 heteroatoms. The van der Waals surface area contributed by atoms with Crippen LogP contribution in [0.2, 0.25) is 5.02 Å². The van der Waals surface area contributed by atoms with Crippen molar-refractivity contribution in [1.29, 1.82) is 0 Å². The molecular weight excluding hydrogens is 350 g/mol. The van der Waals surface area contributed by atoms with E-state index in [9.17, 15) is 19.8 Å².